The fraction of sp³-hybridized carbons (Fsp3) is 0.182. The minimum absolute atomic E-state index is 0.306. The van der Waals surface area contributed by atoms with E-state index < -0.39 is 11.8 Å². The van der Waals surface area contributed by atoms with Gasteiger partial charge in [-0.2, -0.15) is 0 Å². The first-order valence-corrected chi connectivity index (χ1v) is 4.36. The number of allylic oxidation sites excluding steroid dienone is 1. The molecule has 0 atom stereocenters. The maximum Gasteiger partial charge on any atom is 0.330 e. The van der Waals surface area contributed by atoms with Gasteiger partial charge in [0.15, 0.2) is 0 Å². The van der Waals surface area contributed by atoms with Crippen molar-refractivity contribution in [1.82, 2.24) is 0 Å². The SMILES string of the molecule is COC(=O)/C=C(/C)c1cc(N)ccc1F. The van der Waals surface area contributed by atoms with Gasteiger partial charge in [0.2, 0.25) is 0 Å². The molecule has 0 aliphatic rings. The minimum Gasteiger partial charge on any atom is -0.466 e. The highest BCUT2D eigenvalue weighted by Crippen LogP contribution is 2.20. The Balaban J connectivity index is 3.10. The lowest BCUT2D eigenvalue weighted by molar-refractivity contribution is -0.134. The Morgan fingerprint density at radius 3 is 2.80 bits per heavy atom. The zero-order valence-corrected chi connectivity index (χ0v) is 8.58. The third-order valence-corrected chi connectivity index (χ3v) is 1.95. The summed E-state index contributed by atoms with van der Waals surface area (Å²) < 4.78 is 17.8. The smallest absolute Gasteiger partial charge is 0.330 e. The molecule has 1 rings (SSSR count). The number of nitrogens with two attached hydrogens (primary N) is 1. The lowest BCUT2D eigenvalue weighted by atomic mass is 10.1. The molecule has 0 unspecified atom stereocenters. The molecule has 15 heavy (non-hydrogen) atoms. The van der Waals surface area contributed by atoms with Gasteiger partial charge >= 0.3 is 5.97 Å². The van der Waals surface area contributed by atoms with E-state index in [2.05, 4.69) is 4.74 Å². The van der Waals surface area contributed by atoms with Crippen LogP contribution in [-0.4, -0.2) is 13.1 Å². The third kappa shape index (κ3) is 2.80. The molecular weight excluding hydrogens is 197 g/mol. The van der Waals surface area contributed by atoms with Crippen LogP contribution in [0.4, 0.5) is 10.1 Å². The van der Waals surface area contributed by atoms with Crippen molar-refractivity contribution < 1.29 is 13.9 Å². The molecule has 0 heterocycles. The zero-order valence-electron chi connectivity index (χ0n) is 8.58. The molecule has 0 aliphatic carbocycles. The van der Waals surface area contributed by atoms with Gasteiger partial charge < -0.3 is 10.5 Å². The van der Waals surface area contributed by atoms with Gasteiger partial charge in [0, 0.05) is 17.3 Å². The van der Waals surface area contributed by atoms with Gasteiger partial charge in [0.1, 0.15) is 5.82 Å². The molecule has 0 spiro atoms. The van der Waals surface area contributed by atoms with Crippen molar-refractivity contribution in [3.63, 3.8) is 0 Å². The molecular formula is C11H12FNO2. The number of carbonyl (C=O) groups is 1. The molecule has 0 saturated heterocycles. The topological polar surface area (TPSA) is 52.3 Å². The molecule has 2 N–H and O–H groups in total. The van der Waals surface area contributed by atoms with E-state index in [-0.39, 0.29) is 0 Å². The molecule has 0 amide bonds. The molecule has 0 bridgehead atoms. The molecule has 4 heteroatoms. The van der Waals surface area contributed by atoms with Crippen LogP contribution in [-0.2, 0) is 9.53 Å². The molecule has 0 saturated carbocycles. The van der Waals surface area contributed by atoms with E-state index in [9.17, 15) is 9.18 Å². The van der Waals surface area contributed by atoms with E-state index in [1.54, 1.807) is 6.92 Å². The van der Waals surface area contributed by atoms with Crippen molar-refractivity contribution in [3.05, 3.63) is 35.7 Å². The molecule has 1 aromatic carbocycles. The molecule has 80 valence electrons. The molecule has 0 radical (unpaired) electrons. The van der Waals surface area contributed by atoms with E-state index in [4.69, 9.17) is 5.73 Å². The Kier molecular flexibility index (Phi) is 3.44. The monoisotopic (exact) mass is 209 g/mol. The predicted molar refractivity (Wildman–Crippen MR) is 56.5 cm³/mol. The minimum atomic E-state index is -0.519. The first kappa shape index (κ1) is 11.2. The highest BCUT2D eigenvalue weighted by atomic mass is 19.1. The summed E-state index contributed by atoms with van der Waals surface area (Å²) in [5.74, 6) is -0.934. The summed E-state index contributed by atoms with van der Waals surface area (Å²) >= 11 is 0. The van der Waals surface area contributed by atoms with Crippen molar-refractivity contribution in [2.24, 2.45) is 0 Å². The number of hydrogen-bond acceptors (Lipinski definition) is 3. The van der Waals surface area contributed by atoms with Gasteiger partial charge in [-0.1, -0.05) is 0 Å². The number of nitrogen functional groups attached to an aromatic ring is 1. The van der Waals surface area contributed by atoms with Crippen LogP contribution in [0.2, 0.25) is 0 Å². The third-order valence-electron chi connectivity index (χ3n) is 1.95. The van der Waals surface area contributed by atoms with Crippen molar-refractivity contribution in [3.8, 4) is 0 Å². The van der Waals surface area contributed by atoms with E-state index in [0.717, 1.165) is 0 Å². The summed E-state index contributed by atoms with van der Waals surface area (Å²) in [6, 6.07) is 4.20. The van der Waals surface area contributed by atoms with Crippen LogP contribution >= 0.6 is 0 Å². The van der Waals surface area contributed by atoms with Crippen LogP contribution in [0.15, 0.2) is 24.3 Å². The number of hydrogen-bond donors (Lipinski definition) is 1. The quantitative estimate of drug-likeness (QED) is 0.460. The van der Waals surface area contributed by atoms with Gasteiger partial charge in [-0.3, -0.25) is 0 Å². The number of rotatable bonds is 2. The highest BCUT2D eigenvalue weighted by molar-refractivity contribution is 5.91. The van der Waals surface area contributed by atoms with Crippen LogP contribution in [0.3, 0.4) is 0 Å². The average molecular weight is 209 g/mol. The van der Waals surface area contributed by atoms with Crippen LogP contribution in [0.5, 0.6) is 0 Å². The summed E-state index contributed by atoms with van der Waals surface area (Å²) in [7, 11) is 1.27. The standard InChI is InChI=1S/C11H12FNO2/c1-7(5-11(14)15-2)9-6-8(13)3-4-10(9)12/h3-6H,13H2,1-2H3/b7-5-. The predicted octanol–water partition coefficient (Wildman–Crippen LogP) is 1.98. The van der Waals surface area contributed by atoms with Crippen molar-refractivity contribution in [2.45, 2.75) is 6.92 Å². The Labute approximate surface area is 87.3 Å². The summed E-state index contributed by atoms with van der Waals surface area (Å²) in [6.07, 6.45) is 1.22. The molecule has 0 fully saturated rings. The number of halogens is 1. The first-order chi connectivity index (χ1) is 7.04. The summed E-state index contributed by atoms with van der Waals surface area (Å²) in [6.45, 7) is 1.62. The van der Waals surface area contributed by atoms with Crippen LogP contribution in [0.1, 0.15) is 12.5 Å². The Morgan fingerprint density at radius 1 is 1.53 bits per heavy atom. The van der Waals surface area contributed by atoms with E-state index >= 15 is 0 Å². The van der Waals surface area contributed by atoms with Crippen LogP contribution in [0, 0.1) is 5.82 Å². The zero-order chi connectivity index (χ0) is 11.4. The van der Waals surface area contributed by atoms with Crippen molar-refractivity contribution >= 4 is 17.2 Å². The summed E-state index contributed by atoms with van der Waals surface area (Å²) in [5, 5.41) is 0. The van der Waals surface area contributed by atoms with E-state index in [1.807, 2.05) is 0 Å². The second kappa shape index (κ2) is 4.59. The number of ether oxygens (including phenoxy) is 1. The van der Waals surface area contributed by atoms with Gasteiger partial charge in [-0.15, -0.1) is 0 Å². The molecule has 0 aliphatic heterocycles. The molecule has 1 aromatic rings. The van der Waals surface area contributed by atoms with Crippen molar-refractivity contribution in [2.75, 3.05) is 12.8 Å². The van der Waals surface area contributed by atoms with Crippen molar-refractivity contribution in [1.29, 1.82) is 0 Å². The second-order valence-electron chi connectivity index (χ2n) is 3.09. The second-order valence-corrected chi connectivity index (χ2v) is 3.09. The number of anilines is 1. The number of benzene rings is 1. The molecule has 0 aromatic heterocycles. The Hall–Kier alpha value is -1.84. The average Bonchev–Trinajstić information content (AvgIpc) is 2.21. The summed E-state index contributed by atoms with van der Waals surface area (Å²) in [4.78, 5) is 10.9. The number of methoxy groups -OCH3 is 1. The summed E-state index contributed by atoms with van der Waals surface area (Å²) in [5.41, 5.74) is 6.75. The fourth-order valence-corrected chi connectivity index (χ4v) is 1.16. The Morgan fingerprint density at radius 2 is 2.20 bits per heavy atom. The molecule has 3 nitrogen and oxygen atoms in total. The van der Waals surface area contributed by atoms with E-state index in [0.29, 0.717) is 16.8 Å². The highest BCUT2D eigenvalue weighted by Gasteiger charge is 2.06. The lowest BCUT2D eigenvalue weighted by Crippen LogP contribution is -1.97. The van der Waals surface area contributed by atoms with Gasteiger partial charge in [0.25, 0.3) is 0 Å². The Bertz CT molecular complexity index is 413. The van der Waals surface area contributed by atoms with Gasteiger partial charge in [0.05, 0.1) is 7.11 Å². The van der Waals surface area contributed by atoms with Gasteiger partial charge in [-0.05, 0) is 30.7 Å². The van der Waals surface area contributed by atoms with Crippen LogP contribution < -0.4 is 5.73 Å². The first-order valence-electron chi connectivity index (χ1n) is 4.36. The van der Waals surface area contributed by atoms with Crippen LogP contribution in [0.25, 0.3) is 5.57 Å². The largest absolute Gasteiger partial charge is 0.466 e. The number of esters is 1. The maximum absolute atomic E-state index is 13.3. The lowest BCUT2D eigenvalue weighted by Gasteiger charge is -2.04. The number of carbonyl (C=O) groups excluding carboxylic acids is 1. The maximum atomic E-state index is 13.3. The fourth-order valence-electron chi connectivity index (χ4n) is 1.16. The van der Waals surface area contributed by atoms with Gasteiger partial charge in [-0.25, -0.2) is 9.18 Å². The normalized spacial score (nSPS) is 11.3. The van der Waals surface area contributed by atoms with E-state index in [1.165, 1.54) is 31.4 Å².